The van der Waals surface area contributed by atoms with E-state index in [4.69, 9.17) is 21.1 Å². The highest BCUT2D eigenvalue weighted by Crippen LogP contribution is 2.29. The standard InChI is InChI=1S/C11H6BrClO3/c12-7-2-1-6(5-8(7)13)9-3-4-10(16-9)11(14)15/h1-5H,(H,14,15). The Morgan fingerprint density at radius 3 is 2.62 bits per heavy atom. The number of hydrogen-bond donors (Lipinski definition) is 1. The first-order chi connectivity index (χ1) is 7.58. The average Bonchev–Trinajstić information content (AvgIpc) is 2.71. The Hall–Kier alpha value is -1.26. The molecule has 0 bridgehead atoms. The summed E-state index contributed by atoms with van der Waals surface area (Å²) in [6, 6.07) is 8.29. The monoisotopic (exact) mass is 300 g/mol. The first-order valence-corrected chi connectivity index (χ1v) is 5.53. The lowest BCUT2D eigenvalue weighted by Gasteiger charge is -1.99. The van der Waals surface area contributed by atoms with Crippen molar-refractivity contribution in [1.82, 2.24) is 0 Å². The van der Waals surface area contributed by atoms with Crippen molar-refractivity contribution in [3.05, 3.63) is 45.6 Å². The molecule has 0 aliphatic heterocycles. The third-order valence-electron chi connectivity index (χ3n) is 2.02. The van der Waals surface area contributed by atoms with Gasteiger partial charge in [0.15, 0.2) is 0 Å². The molecule has 0 saturated heterocycles. The van der Waals surface area contributed by atoms with Gasteiger partial charge in [-0.2, -0.15) is 0 Å². The smallest absolute Gasteiger partial charge is 0.371 e. The van der Waals surface area contributed by atoms with Crippen molar-refractivity contribution in [1.29, 1.82) is 0 Å². The molecule has 0 aliphatic rings. The predicted octanol–water partition coefficient (Wildman–Crippen LogP) is 4.06. The van der Waals surface area contributed by atoms with Crippen LogP contribution in [-0.2, 0) is 0 Å². The molecule has 0 saturated carbocycles. The minimum atomic E-state index is -1.09. The van der Waals surface area contributed by atoms with Crippen molar-refractivity contribution in [2.24, 2.45) is 0 Å². The Balaban J connectivity index is 2.42. The van der Waals surface area contributed by atoms with E-state index in [0.29, 0.717) is 10.8 Å². The second-order valence-corrected chi connectivity index (χ2v) is 4.36. The molecule has 2 aromatic rings. The molecule has 1 N–H and O–H groups in total. The summed E-state index contributed by atoms with van der Waals surface area (Å²) in [6.45, 7) is 0. The lowest BCUT2D eigenvalue weighted by molar-refractivity contribution is 0.0663. The average molecular weight is 302 g/mol. The Kier molecular flexibility index (Phi) is 3.03. The summed E-state index contributed by atoms with van der Waals surface area (Å²) in [5.74, 6) is -0.699. The maximum absolute atomic E-state index is 10.6. The zero-order valence-electron chi connectivity index (χ0n) is 7.91. The van der Waals surface area contributed by atoms with Gasteiger partial charge in [0, 0.05) is 10.0 Å². The maximum Gasteiger partial charge on any atom is 0.371 e. The van der Waals surface area contributed by atoms with Crippen LogP contribution >= 0.6 is 27.5 Å². The number of rotatable bonds is 2. The largest absolute Gasteiger partial charge is 0.475 e. The zero-order chi connectivity index (χ0) is 11.7. The number of hydrogen-bond acceptors (Lipinski definition) is 2. The summed E-state index contributed by atoms with van der Waals surface area (Å²) < 4.78 is 5.93. The van der Waals surface area contributed by atoms with E-state index in [1.165, 1.54) is 6.07 Å². The summed E-state index contributed by atoms with van der Waals surface area (Å²) in [5, 5.41) is 9.26. The Morgan fingerprint density at radius 2 is 2.06 bits per heavy atom. The summed E-state index contributed by atoms with van der Waals surface area (Å²) in [6.07, 6.45) is 0. The van der Waals surface area contributed by atoms with Gasteiger partial charge in [-0.15, -0.1) is 0 Å². The summed E-state index contributed by atoms with van der Waals surface area (Å²) in [5.41, 5.74) is 0.737. The minimum absolute atomic E-state index is 0.0889. The van der Waals surface area contributed by atoms with Gasteiger partial charge in [0.2, 0.25) is 5.76 Å². The number of carboxylic acid groups (broad SMARTS) is 1. The van der Waals surface area contributed by atoms with Crippen LogP contribution in [-0.4, -0.2) is 11.1 Å². The molecule has 1 heterocycles. The molecule has 1 aromatic carbocycles. The fraction of sp³-hybridized carbons (Fsp3) is 0. The number of benzene rings is 1. The molecule has 2 rings (SSSR count). The molecule has 0 radical (unpaired) electrons. The molecule has 82 valence electrons. The molecule has 0 amide bonds. The molecule has 0 unspecified atom stereocenters. The van der Waals surface area contributed by atoms with E-state index in [1.807, 2.05) is 0 Å². The molecule has 3 nitrogen and oxygen atoms in total. The third-order valence-corrected chi connectivity index (χ3v) is 3.25. The van der Waals surface area contributed by atoms with Crippen LogP contribution in [0, 0.1) is 0 Å². The molecule has 0 spiro atoms. The zero-order valence-corrected chi connectivity index (χ0v) is 10.2. The van der Waals surface area contributed by atoms with Crippen molar-refractivity contribution >= 4 is 33.5 Å². The highest BCUT2D eigenvalue weighted by molar-refractivity contribution is 9.10. The van der Waals surface area contributed by atoms with E-state index < -0.39 is 5.97 Å². The molecule has 16 heavy (non-hydrogen) atoms. The number of halogens is 2. The van der Waals surface area contributed by atoms with Crippen LogP contribution in [0.25, 0.3) is 11.3 Å². The van der Waals surface area contributed by atoms with E-state index in [0.717, 1.165) is 10.0 Å². The fourth-order valence-corrected chi connectivity index (χ4v) is 1.68. The summed E-state index contributed by atoms with van der Waals surface area (Å²) in [4.78, 5) is 10.6. The van der Waals surface area contributed by atoms with Crippen LogP contribution in [0.5, 0.6) is 0 Å². The highest BCUT2D eigenvalue weighted by Gasteiger charge is 2.11. The Labute approximate surface area is 105 Å². The summed E-state index contributed by atoms with van der Waals surface area (Å²) >= 11 is 9.20. The van der Waals surface area contributed by atoms with Crippen LogP contribution in [0.15, 0.2) is 39.2 Å². The quantitative estimate of drug-likeness (QED) is 0.910. The van der Waals surface area contributed by atoms with Crippen LogP contribution in [0.3, 0.4) is 0 Å². The van der Waals surface area contributed by atoms with E-state index in [9.17, 15) is 4.79 Å². The van der Waals surface area contributed by atoms with E-state index in [1.54, 1.807) is 24.3 Å². The second kappa shape index (κ2) is 4.31. The molecule has 0 aliphatic carbocycles. The number of carbonyl (C=O) groups is 1. The topological polar surface area (TPSA) is 50.4 Å². The Morgan fingerprint density at radius 1 is 1.31 bits per heavy atom. The molecule has 0 atom stereocenters. The SMILES string of the molecule is O=C(O)c1ccc(-c2ccc(Br)c(Cl)c2)o1. The molecular weight excluding hydrogens is 295 g/mol. The van der Waals surface area contributed by atoms with Gasteiger partial charge in [-0.05, 0) is 40.2 Å². The first kappa shape index (κ1) is 11.2. The van der Waals surface area contributed by atoms with E-state index in [2.05, 4.69) is 15.9 Å². The minimum Gasteiger partial charge on any atom is -0.475 e. The van der Waals surface area contributed by atoms with Gasteiger partial charge >= 0.3 is 5.97 Å². The predicted molar refractivity (Wildman–Crippen MR) is 63.8 cm³/mol. The van der Waals surface area contributed by atoms with Crippen LogP contribution in [0.4, 0.5) is 0 Å². The fourth-order valence-electron chi connectivity index (χ4n) is 1.26. The maximum atomic E-state index is 10.6. The Bertz CT molecular complexity index is 548. The van der Waals surface area contributed by atoms with Crippen LogP contribution in [0.1, 0.15) is 10.6 Å². The lowest BCUT2D eigenvalue weighted by Crippen LogP contribution is -1.91. The molecule has 1 aromatic heterocycles. The van der Waals surface area contributed by atoms with Crippen molar-refractivity contribution in [2.45, 2.75) is 0 Å². The third kappa shape index (κ3) is 2.13. The molecule has 0 fully saturated rings. The van der Waals surface area contributed by atoms with Gasteiger partial charge in [0.25, 0.3) is 0 Å². The highest BCUT2D eigenvalue weighted by atomic mass is 79.9. The van der Waals surface area contributed by atoms with Crippen molar-refractivity contribution in [3.63, 3.8) is 0 Å². The number of furan rings is 1. The lowest BCUT2D eigenvalue weighted by atomic mass is 10.2. The van der Waals surface area contributed by atoms with Crippen molar-refractivity contribution in [2.75, 3.05) is 0 Å². The van der Waals surface area contributed by atoms with Crippen LogP contribution < -0.4 is 0 Å². The number of aromatic carboxylic acids is 1. The van der Waals surface area contributed by atoms with Crippen molar-refractivity contribution < 1.29 is 14.3 Å². The normalized spacial score (nSPS) is 10.4. The second-order valence-electron chi connectivity index (χ2n) is 3.10. The molecule has 5 heteroatoms. The van der Waals surface area contributed by atoms with E-state index in [-0.39, 0.29) is 5.76 Å². The molecular formula is C11H6BrClO3. The van der Waals surface area contributed by atoms with Crippen molar-refractivity contribution in [3.8, 4) is 11.3 Å². The van der Waals surface area contributed by atoms with Gasteiger partial charge in [-0.3, -0.25) is 0 Å². The van der Waals surface area contributed by atoms with Gasteiger partial charge in [0.1, 0.15) is 5.76 Å². The van der Waals surface area contributed by atoms with Gasteiger partial charge in [0.05, 0.1) is 5.02 Å². The van der Waals surface area contributed by atoms with Gasteiger partial charge in [-0.25, -0.2) is 4.79 Å². The van der Waals surface area contributed by atoms with E-state index >= 15 is 0 Å². The summed E-state index contributed by atoms with van der Waals surface area (Å²) in [7, 11) is 0. The van der Waals surface area contributed by atoms with Crippen LogP contribution in [0.2, 0.25) is 5.02 Å². The number of carboxylic acids is 1. The van der Waals surface area contributed by atoms with Gasteiger partial charge < -0.3 is 9.52 Å². The van der Waals surface area contributed by atoms with Gasteiger partial charge in [-0.1, -0.05) is 17.7 Å². The first-order valence-electron chi connectivity index (χ1n) is 4.36.